The van der Waals surface area contributed by atoms with Crippen molar-refractivity contribution in [2.75, 3.05) is 27.3 Å². The highest BCUT2D eigenvalue weighted by Crippen LogP contribution is 2.34. The van der Waals surface area contributed by atoms with Gasteiger partial charge in [-0.05, 0) is 42.7 Å². The number of fused-ring (bicyclic) bond motifs is 1. The second-order valence-electron chi connectivity index (χ2n) is 7.14. The van der Waals surface area contributed by atoms with Gasteiger partial charge in [-0.1, -0.05) is 22.0 Å². The number of piperidine rings is 1. The van der Waals surface area contributed by atoms with E-state index in [0.717, 1.165) is 40.9 Å². The lowest BCUT2D eigenvalue weighted by molar-refractivity contribution is -0.131. The topological polar surface area (TPSA) is 69.0 Å². The van der Waals surface area contributed by atoms with Gasteiger partial charge in [-0.15, -0.1) is 10.2 Å². The summed E-state index contributed by atoms with van der Waals surface area (Å²) >= 11 is 3.55. The van der Waals surface area contributed by atoms with Gasteiger partial charge in [0.25, 0.3) is 0 Å². The van der Waals surface area contributed by atoms with Gasteiger partial charge in [0.1, 0.15) is 5.82 Å². The van der Waals surface area contributed by atoms with Crippen LogP contribution in [0.4, 0.5) is 0 Å². The summed E-state index contributed by atoms with van der Waals surface area (Å²) in [5.41, 5.74) is 1.71. The van der Waals surface area contributed by atoms with Crippen molar-refractivity contribution in [3.8, 4) is 11.5 Å². The Morgan fingerprint density at radius 2 is 2.00 bits per heavy atom. The zero-order chi connectivity index (χ0) is 20.4. The second kappa shape index (κ2) is 8.41. The third-order valence-corrected chi connectivity index (χ3v) is 6.11. The average Bonchev–Trinajstić information content (AvgIpc) is 3.19. The van der Waals surface area contributed by atoms with Gasteiger partial charge in [-0.25, -0.2) is 0 Å². The van der Waals surface area contributed by atoms with Gasteiger partial charge >= 0.3 is 0 Å². The summed E-state index contributed by atoms with van der Waals surface area (Å²) in [6.07, 6.45) is 4.23. The zero-order valence-corrected chi connectivity index (χ0v) is 18.1. The van der Waals surface area contributed by atoms with Crippen LogP contribution in [0.5, 0.6) is 11.5 Å². The van der Waals surface area contributed by atoms with E-state index < -0.39 is 0 Å². The van der Waals surface area contributed by atoms with Gasteiger partial charge in [-0.3, -0.25) is 9.20 Å². The number of likely N-dealkylation sites (tertiary alicyclic amines) is 1. The lowest BCUT2D eigenvalue weighted by atomic mass is 9.96. The number of hydrogen-bond donors (Lipinski definition) is 0. The van der Waals surface area contributed by atoms with Crippen molar-refractivity contribution in [1.29, 1.82) is 0 Å². The Hall–Kier alpha value is -2.61. The van der Waals surface area contributed by atoms with Gasteiger partial charge in [0.15, 0.2) is 17.1 Å². The van der Waals surface area contributed by atoms with Gasteiger partial charge < -0.3 is 14.4 Å². The quantitative estimate of drug-likeness (QED) is 0.585. The summed E-state index contributed by atoms with van der Waals surface area (Å²) in [4.78, 5) is 15.0. The molecule has 29 heavy (non-hydrogen) atoms. The summed E-state index contributed by atoms with van der Waals surface area (Å²) in [6, 6.07) is 9.56. The SMILES string of the molecule is COc1cc(Br)c(CC(=O)N2CCC[C@H](c3nnc4ccccn34)C2)cc1OC. The summed E-state index contributed by atoms with van der Waals surface area (Å²) in [5.74, 6) is 2.44. The Labute approximate surface area is 177 Å². The number of rotatable bonds is 5. The Bertz CT molecular complexity index is 1040. The molecule has 0 N–H and O–H groups in total. The lowest BCUT2D eigenvalue weighted by Crippen LogP contribution is -2.40. The van der Waals surface area contributed by atoms with E-state index in [1.807, 2.05) is 45.8 Å². The molecule has 0 radical (unpaired) electrons. The molecule has 0 unspecified atom stereocenters. The maximum Gasteiger partial charge on any atom is 0.227 e. The van der Waals surface area contributed by atoms with Crippen LogP contribution >= 0.6 is 15.9 Å². The molecule has 1 atom stereocenters. The molecule has 3 aromatic rings. The summed E-state index contributed by atoms with van der Waals surface area (Å²) in [7, 11) is 3.19. The predicted octanol–water partition coefficient (Wildman–Crippen LogP) is 3.46. The molecule has 3 heterocycles. The Morgan fingerprint density at radius 3 is 2.79 bits per heavy atom. The van der Waals surface area contributed by atoms with Crippen LogP contribution < -0.4 is 9.47 Å². The van der Waals surface area contributed by atoms with Crippen molar-refractivity contribution >= 4 is 27.5 Å². The Balaban J connectivity index is 1.51. The smallest absolute Gasteiger partial charge is 0.227 e. The molecule has 0 bridgehead atoms. The van der Waals surface area contributed by atoms with E-state index in [4.69, 9.17) is 9.47 Å². The lowest BCUT2D eigenvalue weighted by Gasteiger charge is -2.32. The summed E-state index contributed by atoms with van der Waals surface area (Å²) < 4.78 is 13.5. The van der Waals surface area contributed by atoms with E-state index in [1.165, 1.54) is 0 Å². The Kier molecular flexibility index (Phi) is 5.71. The van der Waals surface area contributed by atoms with Crippen LogP contribution in [-0.2, 0) is 11.2 Å². The van der Waals surface area contributed by atoms with E-state index in [9.17, 15) is 4.79 Å². The van der Waals surface area contributed by atoms with Crippen LogP contribution in [-0.4, -0.2) is 52.7 Å². The maximum absolute atomic E-state index is 13.0. The number of benzene rings is 1. The first-order chi connectivity index (χ1) is 14.1. The molecule has 0 aliphatic carbocycles. The monoisotopic (exact) mass is 458 g/mol. The van der Waals surface area contributed by atoms with Crippen molar-refractivity contribution < 1.29 is 14.3 Å². The zero-order valence-electron chi connectivity index (χ0n) is 16.5. The van der Waals surface area contributed by atoms with Crippen molar-refractivity contribution in [3.63, 3.8) is 0 Å². The minimum Gasteiger partial charge on any atom is -0.493 e. The fourth-order valence-corrected chi connectivity index (χ4v) is 4.32. The number of pyridine rings is 1. The fourth-order valence-electron chi connectivity index (χ4n) is 3.86. The molecule has 1 fully saturated rings. The number of aromatic nitrogens is 3. The third kappa shape index (κ3) is 3.94. The molecule has 8 heteroatoms. The third-order valence-electron chi connectivity index (χ3n) is 5.37. The number of nitrogens with zero attached hydrogens (tertiary/aromatic N) is 4. The number of ether oxygens (including phenoxy) is 2. The molecule has 2 aromatic heterocycles. The molecule has 0 saturated carbocycles. The first-order valence-electron chi connectivity index (χ1n) is 9.58. The highest BCUT2D eigenvalue weighted by Gasteiger charge is 2.28. The van der Waals surface area contributed by atoms with Crippen molar-refractivity contribution in [1.82, 2.24) is 19.5 Å². The predicted molar refractivity (Wildman–Crippen MR) is 112 cm³/mol. The van der Waals surface area contributed by atoms with Gasteiger partial charge in [0.05, 0.1) is 20.6 Å². The van der Waals surface area contributed by atoms with Gasteiger partial charge in [0.2, 0.25) is 5.91 Å². The molecule has 1 aliphatic rings. The molecule has 7 nitrogen and oxygen atoms in total. The minimum atomic E-state index is 0.0939. The standard InChI is InChI=1S/C21H23BrN4O3/c1-28-17-10-15(16(22)12-18(17)29-2)11-20(27)25-8-5-6-14(13-25)21-24-23-19-7-3-4-9-26(19)21/h3-4,7,9-10,12,14H,5-6,8,11,13H2,1-2H3/t14-/m0/s1. The molecule has 1 aliphatic heterocycles. The van der Waals surface area contributed by atoms with Crippen LogP contribution in [0.1, 0.15) is 30.1 Å². The number of hydrogen-bond acceptors (Lipinski definition) is 5. The maximum atomic E-state index is 13.0. The molecule has 0 spiro atoms. The number of halogens is 1. The normalized spacial score (nSPS) is 16.8. The molecule has 1 amide bonds. The molecule has 4 rings (SSSR count). The van der Waals surface area contributed by atoms with Crippen molar-refractivity contribution in [2.24, 2.45) is 0 Å². The highest BCUT2D eigenvalue weighted by atomic mass is 79.9. The Morgan fingerprint density at radius 1 is 1.21 bits per heavy atom. The molecular formula is C21H23BrN4O3. The van der Waals surface area contributed by atoms with E-state index in [2.05, 4.69) is 26.1 Å². The van der Waals surface area contributed by atoms with Gasteiger partial charge in [0, 0.05) is 29.7 Å². The fraction of sp³-hybridized carbons (Fsp3) is 0.381. The number of carbonyl (C=O) groups excluding carboxylic acids is 1. The van der Waals surface area contributed by atoms with E-state index >= 15 is 0 Å². The first kappa shape index (κ1) is 19.7. The number of methoxy groups -OCH3 is 2. The van der Waals surface area contributed by atoms with Crippen molar-refractivity contribution in [2.45, 2.75) is 25.2 Å². The molecule has 1 aromatic carbocycles. The minimum absolute atomic E-state index is 0.0939. The van der Waals surface area contributed by atoms with Crippen LogP contribution in [0.15, 0.2) is 41.0 Å². The van der Waals surface area contributed by atoms with Crippen LogP contribution in [0.3, 0.4) is 0 Å². The number of carbonyl (C=O) groups is 1. The first-order valence-corrected chi connectivity index (χ1v) is 10.4. The summed E-state index contributed by atoms with van der Waals surface area (Å²) in [5, 5.41) is 8.65. The number of amides is 1. The summed E-state index contributed by atoms with van der Waals surface area (Å²) in [6.45, 7) is 1.41. The molecular weight excluding hydrogens is 436 g/mol. The van der Waals surface area contributed by atoms with Gasteiger partial charge in [-0.2, -0.15) is 0 Å². The highest BCUT2D eigenvalue weighted by molar-refractivity contribution is 9.10. The molecule has 152 valence electrons. The van der Waals surface area contributed by atoms with Crippen LogP contribution in [0.2, 0.25) is 0 Å². The molecule has 1 saturated heterocycles. The van der Waals surface area contributed by atoms with Crippen LogP contribution in [0, 0.1) is 0 Å². The van der Waals surface area contributed by atoms with E-state index in [1.54, 1.807) is 14.2 Å². The van der Waals surface area contributed by atoms with E-state index in [0.29, 0.717) is 24.5 Å². The van der Waals surface area contributed by atoms with Crippen LogP contribution in [0.25, 0.3) is 5.65 Å². The van der Waals surface area contributed by atoms with E-state index in [-0.39, 0.29) is 11.8 Å². The average molecular weight is 459 g/mol. The second-order valence-corrected chi connectivity index (χ2v) is 8.00. The van der Waals surface area contributed by atoms with Crippen molar-refractivity contribution in [3.05, 3.63) is 52.4 Å². The largest absolute Gasteiger partial charge is 0.493 e.